The predicted molar refractivity (Wildman–Crippen MR) is 104 cm³/mol. The van der Waals surface area contributed by atoms with E-state index in [0.717, 1.165) is 48.8 Å². The molecule has 0 amide bonds. The minimum atomic E-state index is 0.580. The third-order valence-electron chi connectivity index (χ3n) is 4.38. The molecule has 1 unspecified atom stereocenters. The number of pyridine rings is 1. The fraction of sp³-hybridized carbons (Fsp3) is 0.500. The average molecular weight is 341 g/mol. The van der Waals surface area contributed by atoms with Crippen LogP contribution in [0.15, 0.2) is 42.6 Å². The van der Waals surface area contributed by atoms with Crippen LogP contribution in [0.4, 0.5) is 0 Å². The summed E-state index contributed by atoms with van der Waals surface area (Å²) in [6.45, 7) is 8.13. The molecule has 0 N–H and O–H groups in total. The van der Waals surface area contributed by atoms with Gasteiger partial charge in [-0.2, -0.15) is 0 Å². The zero-order valence-corrected chi connectivity index (χ0v) is 15.8. The average Bonchev–Trinajstić information content (AvgIpc) is 2.67. The fourth-order valence-corrected chi connectivity index (χ4v) is 2.43. The topological polar surface area (TPSA) is 31.4 Å². The summed E-state index contributed by atoms with van der Waals surface area (Å²) in [5, 5.41) is 0. The van der Waals surface area contributed by atoms with Crippen LogP contribution >= 0.6 is 0 Å². The Bertz CT molecular complexity index is 592. The van der Waals surface area contributed by atoms with Crippen LogP contribution in [-0.4, -0.2) is 18.2 Å². The second-order valence-electron chi connectivity index (χ2n) is 6.64. The van der Waals surface area contributed by atoms with Gasteiger partial charge in [-0.15, -0.1) is 0 Å². The Morgan fingerprint density at radius 1 is 0.880 bits per heavy atom. The third-order valence-corrected chi connectivity index (χ3v) is 4.38. The summed E-state index contributed by atoms with van der Waals surface area (Å²) in [5.41, 5.74) is 2.04. The van der Waals surface area contributed by atoms with E-state index in [1.165, 1.54) is 19.3 Å². The number of nitrogens with zero attached hydrogens (tertiary/aromatic N) is 1. The Balaban J connectivity index is 1.84. The zero-order chi connectivity index (χ0) is 17.9. The smallest absolute Gasteiger partial charge is 0.137 e. The summed E-state index contributed by atoms with van der Waals surface area (Å²) in [6.07, 6.45) is 7.80. The lowest BCUT2D eigenvalue weighted by molar-refractivity contribution is 0.256. The Labute approximate surface area is 152 Å². The van der Waals surface area contributed by atoms with Crippen LogP contribution in [0.3, 0.4) is 0 Å². The van der Waals surface area contributed by atoms with Crippen molar-refractivity contribution in [3.8, 4) is 22.8 Å². The summed E-state index contributed by atoms with van der Waals surface area (Å²) < 4.78 is 11.5. The van der Waals surface area contributed by atoms with Gasteiger partial charge in [0.2, 0.25) is 0 Å². The van der Waals surface area contributed by atoms with Crippen molar-refractivity contribution in [3.05, 3.63) is 42.6 Å². The van der Waals surface area contributed by atoms with Crippen LogP contribution in [0.25, 0.3) is 11.3 Å². The molecule has 0 aliphatic carbocycles. The first-order valence-corrected chi connectivity index (χ1v) is 9.55. The molecule has 25 heavy (non-hydrogen) atoms. The molecule has 1 heterocycles. The van der Waals surface area contributed by atoms with Crippen molar-refractivity contribution in [2.75, 3.05) is 13.2 Å². The predicted octanol–water partition coefficient (Wildman–Crippen LogP) is 6.13. The molecular weight excluding hydrogens is 310 g/mol. The maximum atomic E-state index is 5.80. The van der Waals surface area contributed by atoms with E-state index >= 15 is 0 Å². The van der Waals surface area contributed by atoms with Crippen LogP contribution in [0.1, 0.15) is 52.9 Å². The van der Waals surface area contributed by atoms with E-state index in [2.05, 4.69) is 37.9 Å². The van der Waals surface area contributed by atoms with E-state index in [0.29, 0.717) is 5.92 Å². The van der Waals surface area contributed by atoms with Gasteiger partial charge in [-0.05, 0) is 48.7 Å². The highest BCUT2D eigenvalue weighted by molar-refractivity contribution is 5.60. The van der Waals surface area contributed by atoms with Crippen molar-refractivity contribution in [2.45, 2.75) is 52.9 Å². The molecule has 136 valence electrons. The number of hydrogen-bond donors (Lipinski definition) is 0. The molecule has 1 aromatic carbocycles. The number of hydrogen-bond acceptors (Lipinski definition) is 3. The summed E-state index contributed by atoms with van der Waals surface area (Å²) in [5.74, 6) is 2.33. The van der Waals surface area contributed by atoms with Crippen LogP contribution in [-0.2, 0) is 0 Å². The normalized spacial score (nSPS) is 12.0. The molecule has 1 aromatic heterocycles. The van der Waals surface area contributed by atoms with E-state index in [9.17, 15) is 0 Å². The van der Waals surface area contributed by atoms with Crippen LogP contribution in [0, 0.1) is 5.92 Å². The second kappa shape index (κ2) is 10.8. The van der Waals surface area contributed by atoms with Crippen LogP contribution in [0.2, 0.25) is 0 Å². The Morgan fingerprint density at radius 2 is 1.64 bits per heavy atom. The van der Waals surface area contributed by atoms with E-state index < -0.39 is 0 Å². The lowest BCUT2D eigenvalue weighted by Gasteiger charge is -2.11. The van der Waals surface area contributed by atoms with Gasteiger partial charge in [0, 0.05) is 5.56 Å². The van der Waals surface area contributed by atoms with Crippen molar-refractivity contribution in [1.29, 1.82) is 0 Å². The molecule has 0 aliphatic rings. The molecule has 2 rings (SSSR count). The van der Waals surface area contributed by atoms with Gasteiger partial charge in [-0.25, -0.2) is 0 Å². The van der Waals surface area contributed by atoms with E-state index in [1.807, 2.05) is 30.5 Å². The SMILES string of the molecule is CCCCCCOc1ccc(-c2ccc(OCC(C)CC)cc2)nc1. The fourth-order valence-electron chi connectivity index (χ4n) is 2.43. The molecule has 0 radical (unpaired) electrons. The highest BCUT2D eigenvalue weighted by Crippen LogP contribution is 2.23. The first-order chi connectivity index (χ1) is 12.2. The molecule has 3 heteroatoms. The maximum absolute atomic E-state index is 5.80. The number of rotatable bonds is 11. The summed E-state index contributed by atoms with van der Waals surface area (Å²) >= 11 is 0. The molecular formula is C22H31NO2. The molecule has 1 atom stereocenters. The van der Waals surface area contributed by atoms with Gasteiger partial charge in [0.15, 0.2) is 0 Å². The third kappa shape index (κ3) is 6.77. The molecule has 0 bridgehead atoms. The molecule has 0 aliphatic heterocycles. The Kier molecular flexibility index (Phi) is 8.30. The Hall–Kier alpha value is -2.03. The Morgan fingerprint density at radius 3 is 2.28 bits per heavy atom. The first-order valence-electron chi connectivity index (χ1n) is 9.55. The summed E-state index contributed by atoms with van der Waals surface area (Å²) in [6, 6.07) is 12.1. The van der Waals surface area contributed by atoms with Gasteiger partial charge in [-0.3, -0.25) is 4.98 Å². The van der Waals surface area contributed by atoms with Crippen molar-refractivity contribution in [1.82, 2.24) is 4.98 Å². The zero-order valence-electron chi connectivity index (χ0n) is 15.8. The highest BCUT2D eigenvalue weighted by atomic mass is 16.5. The standard InChI is InChI=1S/C22H31NO2/c1-4-6-7-8-15-24-21-13-14-22(23-16-21)19-9-11-20(12-10-19)25-17-18(3)5-2/h9-14,16,18H,4-8,15,17H2,1-3H3. The summed E-state index contributed by atoms with van der Waals surface area (Å²) in [4.78, 5) is 4.52. The van der Waals surface area contributed by atoms with Gasteiger partial charge >= 0.3 is 0 Å². The van der Waals surface area contributed by atoms with Crippen molar-refractivity contribution < 1.29 is 9.47 Å². The van der Waals surface area contributed by atoms with Gasteiger partial charge in [0.25, 0.3) is 0 Å². The first kappa shape index (κ1) is 19.3. The van der Waals surface area contributed by atoms with Crippen molar-refractivity contribution in [2.24, 2.45) is 5.92 Å². The number of aromatic nitrogens is 1. The monoisotopic (exact) mass is 341 g/mol. The van der Waals surface area contributed by atoms with Gasteiger partial charge < -0.3 is 9.47 Å². The van der Waals surface area contributed by atoms with E-state index in [-0.39, 0.29) is 0 Å². The lowest BCUT2D eigenvalue weighted by Crippen LogP contribution is -2.06. The highest BCUT2D eigenvalue weighted by Gasteiger charge is 2.03. The quantitative estimate of drug-likeness (QED) is 0.460. The molecule has 0 saturated carbocycles. The van der Waals surface area contributed by atoms with Gasteiger partial charge in [0.1, 0.15) is 11.5 Å². The maximum Gasteiger partial charge on any atom is 0.137 e. The molecule has 0 spiro atoms. The largest absolute Gasteiger partial charge is 0.493 e. The molecule has 0 fully saturated rings. The van der Waals surface area contributed by atoms with Crippen molar-refractivity contribution in [3.63, 3.8) is 0 Å². The summed E-state index contributed by atoms with van der Waals surface area (Å²) in [7, 11) is 0. The minimum absolute atomic E-state index is 0.580. The molecule has 3 nitrogen and oxygen atoms in total. The van der Waals surface area contributed by atoms with Crippen LogP contribution < -0.4 is 9.47 Å². The number of unbranched alkanes of at least 4 members (excludes halogenated alkanes) is 3. The van der Waals surface area contributed by atoms with E-state index in [4.69, 9.17) is 9.47 Å². The molecule has 0 saturated heterocycles. The second-order valence-corrected chi connectivity index (χ2v) is 6.64. The number of ether oxygens (including phenoxy) is 2. The van der Waals surface area contributed by atoms with E-state index in [1.54, 1.807) is 0 Å². The van der Waals surface area contributed by atoms with Gasteiger partial charge in [0.05, 0.1) is 25.1 Å². The van der Waals surface area contributed by atoms with Crippen LogP contribution in [0.5, 0.6) is 11.5 Å². The van der Waals surface area contributed by atoms with Gasteiger partial charge in [-0.1, -0.05) is 46.5 Å². The lowest BCUT2D eigenvalue weighted by atomic mass is 10.1. The van der Waals surface area contributed by atoms with Crippen molar-refractivity contribution >= 4 is 0 Å². The minimum Gasteiger partial charge on any atom is -0.493 e. The molecule has 2 aromatic rings. The number of benzene rings is 1.